The van der Waals surface area contributed by atoms with Crippen LogP contribution in [0.5, 0.6) is 11.5 Å². The molecule has 1 spiro atoms. The summed E-state index contributed by atoms with van der Waals surface area (Å²) in [5, 5.41) is 10.7. The Morgan fingerprint density at radius 2 is 2.12 bits per heavy atom. The molecule has 0 aliphatic carbocycles. The number of imidazole rings is 1. The third kappa shape index (κ3) is 3.25. The van der Waals surface area contributed by atoms with Gasteiger partial charge in [0.25, 0.3) is 5.72 Å². The van der Waals surface area contributed by atoms with E-state index in [1.54, 1.807) is 30.7 Å². The maximum absolute atomic E-state index is 13.8. The maximum Gasteiger partial charge on any atom is 0.263 e. The molecule has 0 bridgehead atoms. The number of nitrogens with zero attached hydrogens (tertiary/aromatic N) is 5. The Kier molecular flexibility index (Phi) is 4.84. The molecule has 0 fully saturated rings. The number of hydrogen-bond acceptors (Lipinski definition) is 8. The molecule has 4 heterocycles. The quantitative estimate of drug-likeness (QED) is 0.548. The Labute approximate surface area is 199 Å². The molecule has 0 N–H and O–H groups in total. The van der Waals surface area contributed by atoms with Crippen LogP contribution in [0.4, 0.5) is 4.39 Å². The van der Waals surface area contributed by atoms with E-state index in [1.807, 2.05) is 42.0 Å². The van der Waals surface area contributed by atoms with Gasteiger partial charge in [-0.15, -0.1) is 0 Å². The van der Waals surface area contributed by atoms with Gasteiger partial charge in [0.2, 0.25) is 5.84 Å². The SMILES string of the molecule is COc1cc(SC2=CC=NN3C2=NOC32CCOc3cc(F)ccc32)ccc1-n1cnc(C)c1. The number of benzene rings is 2. The Hall–Kier alpha value is -3.79. The first-order valence-electron chi connectivity index (χ1n) is 10.7. The van der Waals surface area contributed by atoms with Crippen LogP contribution < -0.4 is 9.47 Å². The Bertz CT molecular complexity index is 1380. The van der Waals surface area contributed by atoms with Crippen molar-refractivity contribution >= 4 is 23.8 Å². The van der Waals surface area contributed by atoms with Crippen LogP contribution in [0.3, 0.4) is 0 Å². The van der Waals surface area contributed by atoms with Gasteiger partial charge in [-0.3, -0.25) is 0 Å². The van der Waals surface area contributed by atoms with Crippen molar-refractivity contribution in [1.82, 2.24) is 14.6 Å². The van der Waals surface area contributed by atoms with Gasteiger partial charge in [-0.25, -0.2) is 9.37 Å². The molecular weight excluding hydrogens is 457 g/mol. The zero-order valence-corrected chi connectivity index (χ0v) is 19.3. The predicted molar refractivity (Wildman–Crippen MR) is 126 cm³/mol. The number of aromatic nitrogens is 2. The Morgan fingerprint density at radius 3 is 2.94 bits per heavy atom. The summed E-state index contributed by atoms with van der Waals surface area (Å²) in [4.78, 5) is 12.1. The summed E-state index contributed by atoms with van der Waals surface area (Å²) in [7, 11) is 1.65. The van der Waals surface area contributed by atoms with Crippen LogP contribution in [0, 0.1) is 12.7 Å². The lowest BCUT2D eigenvalue weighted by atomic mass is 9.95. The minimum Gasteiger partial charge on any atom is -0.495 e. The summed E-state index contributed by atoms with van der Waals surface area (Å²) in [6.45, 7) is 2.31. The zero-order chi connectivity index (χ0) is 23.3. The van der Waals surface area contributed by atoms with Gasteiger partial charge >= 0.3 is 0 Å². The second-order valence-corrected chi connectivity index (χ2v) is 9.11. The predicted octanol–water partition coefficient (Wildman–Crippen LogP) is 4.59. The first kappa shape index (κ1) is 20.8. The molecule has 0 saturated heterocycles. The number of fused-ring (bicyclic) bond motifs is 4. The average molecular weight is 478 g/mol. The molecule has 0 amide bonds. The lowest BCUT2D eigenvalue weighted by Crippen LogP contribution is -2.47. The molecule has 10 heteroatoms. The molecule has 3 aromatic rings. The average Bonchev–Trinajstić information content (AvgIpc) is 3.44. The van der Waals surface area contributed by atoms with Crippen molar-refractivity contribution in [3.8, 4) is 17.2 Å². The number of amidine groups is 1. The molecule has 1 aromatic heterocycles. The van der Waals surface area contributed by atoms with Crippen LogP contribution in [0.2, 0.25) is 0 Å². The van der Waals surface area contributed by atoms with Gasteiger partial charge in [0, 0.05) is 23.4 Å². The molecule has 3 aliphatic heterocycles. The fourth-order valence-corrected chi connectivity index (χ4v) is 5.19. The van der Waals surface area contributed by atoms with Crippen molar-refractivity contribution in [3.05, 3.63) is 77.0 Å². The molecule has 8 nitrogen and oxygen atoms in total. The van der Waals surface area contributed by atoms with Gasteiger partial charge in [0.15, 0.2) is 0 Å². The number of oxime groups is 1. The standard InChI is InChI=1S/C24H20FN5O3S/c1-15-13-29(14-26-15)19-6-4-17(12-21(19)31-2)34-22-7-9-27-30-23(22)28-33-24(30)8-10-32-20-11-16(25)3-5-18(20)24/h3-7,9,11-14H,8,10H2,1-2H3. The van der Waals surface area contributed by atoms with Crippen molar-refractivity contribution in [1.29, 1.82) is 0 Å². The van der Waals surface area contributed by atoms with E-state index in [4.69, 9.17) is 14.3 Å². The molecule has 1 unspecified atom stereocenters. The van der Waals surface area contributed by atoms with Crippen molar-refractivity contribution in [2.45, 2.75) is 24.0 Å². The third-order valence-electron chi connectivity index (χ3n) is 5.89. The summed E-state index contributed by atoms with van der Waals surface area (Å²) >= 11 is 1.53. The molecular formula is C24H20FN5O3S. The largest absolute Gasteiger partial charge is 0.495 e. The highest BCUT2D eigenvalue weighted by atomic mass is 32.2. The summed E-state index contributed by atoms with van der Waals surface area (Å²) in [6.07, 6.45) is 7.83. The van der Waals surface area contributed by atoms with Crippen molar-refractivity contribution in [3.63, 3.8) is 0 Å². The highest BCUT2D eigenvalue weighted by molar-refractivity contribution is 8.04. The summed E-state index contributed by atoms with van der Waals surface area (Å²) in [6, 6.07) is 10.4. The molecule has 1 atom stereocenters. The molecule has 3 aliphatic rings. The van der Waals surface area contributed by atoms with E-state index >= 15 is 0 Å². The molecule has 2 aromatic carbocycles. The molecule has 0 saturated carbocycles. The summed E-state index contributed by atoms with van der Waals surface area (Å²) in [5.41, 5.74) is 1.56. The molecule has 6 rings (SSSR count). The number of allylic oxidation sites excluding steroid dienone is 1. The summed E-state index contributed by atoms with van der Waals surface area (Å²) < 4.78 is 27.0. The molecule has 0 radical (unpaired) electrons. The fraction of sp³-hybridized carbons (Fsp3) is 0.208. The number of thioether (sulfide) groups is 1. The Balaban J connectivity index is 1.29. The van der Waals surface area contributed by atoms with E-state index < -0.39 is 5.72 Å². The highest BCUT2D eigenvalue weighted by Gasteiger charge is 2.53. The van der Waals surface area contributed by atoms with Gasteiger partial charge < -0.3 is 18.9 Å². The van der Waals surface area contributed by atoms with Crippen LogP contribution >= 0.6 is 11.8 Å². The number of hydrazone groups is 1. The van der Waals surface area contributed by atoms with Crippen LogP contribution in [0.1, 0.15) is 17.7 Å². The number of ether oxygens (including phenoxy) is 2. The van der Waals surface area contributed by atoms with Crippen molar-refractivity contribution < 1.29 is 18.7 Å². The smallest absolute Gasteiger partial charge is 0.263 e. The number of aryl methyl sites for hydroxylation is 1. The highest BCUT2D eigenvalue weighted by Crippen LogP contribution is 2.48. The second kappa shape index (κ2) is 7.91. The second-order valence-electron chi connectivity index (χ2n) is 7.99. The van der Waals surface area contributed by atoms with Crippen LogP contribution in [0.15, 0.2) is 75.1 Å². The van der Waals surface area contributed by atoms with E-state index in [1.165, 1.54) is 23.9 Å². The number of hydrogen-bond donors (Lipinski definition) is 0. The number of halogens is 1. The van der Waals surface area contributed by atoms with Gasteiger partial charge in [-0.1, -0.05) is 16.9 Å². The summed E-state index contributed by atoms with van der Waals surface area (Å²) in [5.74, 6) is 1.40. The first-order valence-corrected chi connectivity index (χ1v) is 11.5. The minimum atomic E-state index is -0.964. The van der Waals surface area contributed by atoms with Gasteiger partial charge in [-0.05, 0) is 43.3 Å². The van der Waals surface area contributed by atoms with E-state index in [0.29, 0.717) is 30.2 Å². The minimum absolute atomic E-state index is 0.364. The van der Waals surface area contributed by atoms with E-state index in [0.717, 1.165) is 26.9 Å². The lowest BCUT2D eigenvalue weighted by molar-refractivity contribution is -0.127. The monoisotopic (exact) mass is 477 g/mol. The molecule has 34 heavy (non-hydrogen) atoms. The normalized spacial score (nSPS) is 20.3. The molecule has 172 valence electrons. The van der Waals surface area contributed by atoms with Crippen LogP contribution in [0.25, 0.3) is 5.69 Å². The zero-order valence-electron chi connectivity index (χ0n) is 18.4. The number of rotatable bonds is 4. The Morgan fingerprint density at radius 1 is 1.21 bits per heavy atom. The van der Waals surface area contributed by atoms with Gasteiger partial charge in [0.1, 0.15) is 17.3 Å². The van der Waals surface area contributed by atoms with Crippen LogP contribution in [-0.4, -0.2) is 40.3 Å². The topological polar surface area (TPSA) is 73.5 Å². The number of methoxy groups -OCH3 is 1. The van der Waals surface area contributed by atoms with Gasteiger partial charge in [-0.2, -0.15) is 10.1 Å². The van der Waals surface area contributed by atoms with E-state index in [9.17, 15) is 4.39 Å². The van der Waals surface area contributed by atoms with Crippen LogP contribution in [-0.2, 0) is 10.6 Å². The van der Waals surface area contributed by atoms with E-state index in [2.05, 4.69) is 15.2 Å². The fourth-order valence-electron chi connectivity index (χ4n) is 4.29. The van der Waals surface area contributed by atoms with Crippen molar-refractivity contribution in [2.75, 3.05) is 13.7 Å². The lowest BCUT2D eigenvalue weighted by Gasteiger charge is -2.38. The van der Waals surface area contributed by atoms with E-state index in [-0.39, 0.29) is 5.82 Å². The van der Waals surface area contributed by atoms with Gasteiger partial charge in [0.05, 0.1) is 48.3 Å². The van der Waals surface area contributed by atoms with Crippen molar-refractivity contribution in [2.24, 2.45) is 10.3 Å². The maximum atomic E-state index is 13.8. The first-order chi connectivity index (χ1) is 16.6. The third-order valence-corrected chi connectivity index (χ3v) is 6.91.